The molecule has 1 unspecified atom stereocenters. The quantitative estimate of drug-likeness (QED) is 0.368. The molecule has 2 aromatic carbocycles. The average molecular weight is 480 g/mol. The first-order valence-corrected chi connectivity index (χ1v) is 12.6. The minimum Gasteiger partial charge on any atom is -0.772 e. The summed E-state index contributed by atoms with van der Waals surface area (Å²) in [6.07, 6.45) is 6.46. The summed E-state index contributed by atoms with van der Waals surface area (Å²) in [5.41, 5.74) is 3.95. The molecule has 1 saturated heterocycles. The van der Waals surface area contributed by atoms with Crippen LogP contribution >= 0.6 is 0 Å². The van der Waals surface area contributed by atoms with Gasteiger partial charge in [-0.05, 0) is 54.2 Å². The largest absolute Gasteiger partial charge is 0.772 e. The molecule has 176 valence electrons. The van der Waals surface area contributed by atoms with Crippen LogP contribution in [0.2, 0.25) is 0 Å². The minimum absolute atomic E-state index is 0.200. The predicted molar refractivity (Wildman–Crippen MR) is 128 cm³/mol. The van der Waals surface area contributed by atoms with Crippen LogP contribution < -0.4 is 4.90 Å². The second-order valence-electron chi connectivity index (χ2n) is 8.50. The highest BCUT2D eigenvalue weighted by Crippen LogP contribution is 2.33. The lowest BCUT2D eigenvalue weighted by atomic mass is 9.97. The Bertz CT molecular complexity index is 1330. The first-order chi connectivity index (χ1) is 16.5. The van der Waals surface area contributed by atoms with Gasteiger partial charge in [-0.25, -0.2) is 19.3 Å². The van der Waals surface area contributed by atoms with Crippen LogP contribution in [0.25, 0.3) is 22.2 Å². The van der Waals surface area contributed by atoms with Crippen LogP contribution in [-0.4, -0.2) is 36.8 Å². The van der Waals surface area contributed by atoms with Crippen molar-refractivity contribution in [2.24, 2.45) is 0 Å². The van der Waals surface area contributed by atoms with Crippen molar-refractivity contribution in [2.45, 2.75) is 37.9 Å². The molecule has 0 spiro atoms. The molecule has 9 heteroatoms. The van der Waals surface area contributed by atoms with Gasteiger partial charge in [0.05, 0.1) is 0 Å². The summed E-state index contributed by atoms with van der Waals surface area (Å²) >= 11 is -2.26. The van der Waals surface area contributed by atoms with E-state index in [9.17, 15) is 13.2 Å². The normalized spacial score (nSPS) is 15.7. The van der Waals surface area contributed by atoms with Gasteiger partial charge in [0.25, 0.3) is 0 Å². The molecule has 0 radical (unpaired) electrons. The number of aromatic nitrogens is 3. The van der Waals surface area contributed by atoms with Crippen LogP contribution in [0, 0.1) is 5.82 Å². The number of fused-ring (bicyclic) bond motifs is 1. The summed E-state index contributed by atoms with van der Waals surface area (Å²) in [7, 11) is 0. The number of hydrogen-bond acceptors (Lipinski definition) is 7. The van der Waals surface area contributed by atoms with Crippen molar-refractivity contribution in [1.29, 1.82) is 0 Å². The molecule has 1 aliphatic rings. The first kappa shape index (κ1) is 22.6. The molecule has 0 aliphatic carbocycles. The summed E-state index contributed by atoms with van der Waals surface area (Å²) in [5.74, 6) is 0.978. The van der Waals surface area contributed by atoms with Crippen LogP contribution in [0.5, 0.6) is 0 Å². The Morgan fingerprint density at radius 1 is 1.12 bits per heavy atom. The molecule has 4 aromatic rings. The van der Waals surface area contributed by atoms with Crippen LogP contribution in [0.1, 0.15) is 42.7 Å². The Morgan fingerprint density at radius 3 is 2.56 bits per heavy atom. The van der Waals surface area contributed by atoms with E-state index in [0.717, 1.165) is 43.9 Å². The van der Waals surface area contributed by atoms with Crippen molar-refractivity contribution in [1.82, 2.24) is 15.0 Å². The molecular formula is C25H24FN4O3S-. The maximum absolute atomic E-state index is 14.6. The average Bonchev–Trinajstić information content (AvgIpc) is 3.27. The summed E-state index contributed by atoms with van der Waals surface area (Å²) in [5, 5.41) is 0. The number of anilines is 1. The molecule has 0 N–H and O–H groups in total. The topological polar surface area (TPSA) is 95.2 Å². The Morgan fingerprint density at radius 2 is 1.88 bits per heavy atom. The zero-order valence-electron chi connectivity index (χ0n) is 18.7. The second-order valence-corrected chi connectivity index (χ2v) is 9.40. The molecule has 7 nitrogen and oxygen atoms in total. The van der Waals surface area contributed by atoms with Gasteiger partial charge < -0.3 is 13.9 Å². The highest BCUT2D eigenvalue weighted by molar-refractivity contribution is 7.78. The lowest BCUT2D eigenvalue weighted by molar-refractivity contribution is 0.405. The van der Waals surface area contributed by atoms with Crippen molar-refractivity contribution < 1.29 is 17.6 Å². The smallest absolute Gasteiger partial charge is 0.225 e. The fraction of sp³-hybridized carbons (Fsp3) is 0.320. The van der Waals surface area contributed by atoms with Crippen molar-refractivity contribution in [2.75, 3.05) is 18.0 Å². The molecule has 1 fully saturated rings. The number of rotatable bonds is 6. The molecule has 34 heavy (non-hydrogen) atoms. The second kappa shape index (κ2) is 9.60. The molecule has 5 rings (SSSR count). The van der Waals surface area contributed by atoms with Gasteiger partial charge in [-0.2, -0.15) is 0 Å². The number of oxazole rings is 1. The number of hydrogen-bond donors (Lipinski definition) is 0. The standard InChI is InChI=1S/C25H25FN4O3S/c1-2-16-13-27-25(28-14-16)30-9-7-18(8-10-30)24-29-22-12-19(4-6-23(22)33-24)20-5-3-17(11-21(20)26)15-34(31)32/h3-6,11-14,18H,2,7-10,15H2,1H3,(H,31,32)/p-1. The Kier molecular flexibility index (Phi) is 6.38. The minimum atomic E-state index is -2.26. The molecule has 0 saturated carbocycles. The SMILES string of the molecule is CCc1cnc(N2CCC(c3nc4cc(-c5ccc(CS(=O)[O-])cc5F)ccc4o3)CC2)nc1. The van der Waals surface area contributed by atoms with Gasteiger partial charge in [0.1, 0.15) is 11.3 Å². The summed E-state index contributed by atoms with van der Waals surface area (Å²) < 4.78 is 42.4. The van der Waals surface area contributed by atoms with Crippen molar-refractivity contribution in [3.8, 4) is 11.1 Å². The van der Waals surface area contributed by atoms with Crippen LogP contribution in [0.15, 0.2) is 53.2 Å². The predicted octanol–water partition coefficient (Wildman–Crippen LogP) is 4.75. The fourth-order valence-electron chi connectivity index (χ4n) is 4.33. The third-order valence-electron chi connectivity index (χ3n) is 6.26. The Hall–Kier alpha value is -3.17. The number of nitrogens with zero attached hydrogens (tertiary/aromatic N) is 4. The van der Waals surface area contributed by atoms with Crippen LogP contribution in [-0.2, 0) is 23.3 Å². The van der Waals surface area contributed by atoms with Gasteiger partial charge in [0, 0.05) is 42.7 Å². The van der Waals surface area contributed by atoms with Gasteiger partial charge in [-0.3, -0.25) is 4.21 Å². The van der Waals surface area contributed by atoms with Gasteiger partial charge in [-0.1, -0.05) is 36.2 Å². The Labute approximate surface area is 199 Å². The third kappa shape index (κ3) is 4.71. The van der Waals surface area contributed by atoms with Crippen molar-refractivity contribution in [3.63, 3.8) is 0 Å². The van der Waals surface area contributed by atoms with E-state index in [1.54, 1.807) is 24.3 Å². The molecular weight excluding hydrogens is 455 g/mol. The maximum Gasteiger partial charge on any atom is 0.225 e. The van der Waals surface area contributed by atoms with E-state index in [2.05, 4.69) is 21.8 Å². The number of halogens is 1. The lowest BCUT2D eigenvalue weighted by Gasteiger charge is -2.30. The van der Waals surface area contributed by atoms with Crippen LogP contribution in [0.3, 0.4) is 0 Å². The first-order valence-electron chi connectivity index (χ1n) is 11.3. The summed E-state index contributed by atoms with van der Waals surface area (Å²) in [4.78, 5) is 15.9. The highest BCUT2D eigenvalue weighted by atomic mass is 32.2. The van der Waals surface area contributed by atoms with Gasteiger partial charge in [-0.15, -0.1) is 0 Å². The molecule has 0 amide bonds. The highest BCUT2D eigenvalue weighted by Gasteiger charge is 2.26. The van der Waals surface area contributed by atoms with E-state index in [0.29, 0.717) is 33.7 Å². The fourth-order valence-corrected chi connectivity index (χ4v) is 4.78. The Balaban J connectivity index is 1.31. The zero-order valence-corrected chi connectivity index (χ0v) is 19.6. The van der Waals surface area contributed by atoms with E-state index in [4.69, 9.17) is 9.40 Å². The summed E-state index contributed by atoms with van der Waals surface area (Å²) in [6, 6.07) is 9.90. The molecule has 3 heterocycles. The molecule has 2 aromatic heterocycles. The van der Waals surface area contributed by atoms with Gasteiger partial charge in [0.15, 0.2) is 11.5 Å². The number of benzene rings is 2. The van der Waals surface area contributed by atoms with Gasteiger partial charge in [0.2, 0.25) is 5.95 Å². The zero-order chi connectivity index (χ0) is 23.7. The van der Waals surface area contributed by atoms with Crippen molar-refractivity contribution >= 4 is 28.1 Å². The molecule has 1 atom stereocenters. The molecule has 1 aliphatic heterocycles. The van der Waals surface area contributed by atoms with E-state index < -0.39 is 16.9 Å². The van der Waals surface area contributed by atoms with Crippen molar-refractivity contribution in [3.05, 3.63) is 71.6 Å². The van der Waals surface area contributed by atoms with E-state index >= 15 is 0 Å². The number of aryl methyl sites for hydroxylation is 1. The van der Waals surface area contributed by atoms with Gasteiger partial charge >= 0.3 is 0 Å². The monoisotopic (exact) mass is 479 g/mol. The molecule has 0 bridgehead atoms. The van der Waals surface area contributed by atoms with E-state index in [-0.39, 0.29) is 11.7 Å². The number of piperidine rings is 1. The maximum atomic E-state index is 14.6. The van der Waals surface area contributed by atoms with Crippen LogP contribution in [0.4, 0.5) is 10.3 Å². The lowest BCUT2D eigenvalue weighted by Crippen LogP contribution is -2.34. The van der Waals surface area contributed by atoms with E-state index in [1.807, 2.05) is 18.5 Å². The summed E-state index contributed by atoms with van der Waals surface area (Å²) in [6.45, 7) is 3.73. The third-order valence-corrected chi connectivity index (χ3v) is 6.83. The van der Waals surface area contributed by atoms with E-state index in [1.165, 1.54) is 6.07 Å².